The number of fused-ring (bicyclic) bond motifs is 1. The highest BCUT2D eigenvalue weighted by atomic mass is 16.4. The summed E-state index contributed by atoms with van der Waals surface area (Å²) in [6.07, 6.45) is 1.10. The Balaban J connectivity index is 2.23. The van der Waals surface area contributed by atoms with Gasteiger partial charge in [-0.15, -0.1) is 0 Å². The molecule has 0 bridgehead atoms. The number of aryl methyl sites for hydroxylation is 1. The highest BCUT2D eigenvalue weighted by Gasteiger charge is 2.08. The fraction of sp³-hybridized carbons (Fsp3) is 0.364. The standard InChI is InChI=1S/C11H14N2O2/c14-11(15)13-10-4-3-9-7-12-5-1-2-8(9)6-10/h3-4,6,12-13H,1-2,5,7H2,(H,14,15). The number of hydrogen-bond donors (Lipinski definition) is 3. The maximum absolute atomic E-state index is 10.5. The molecule has 0 unspecified atom stereocenters. The first kappa shape index (κ1) is 9.98. The van der Waals surface area contributed by atoms with Crippen LogP contribution in [0.25, 0.3) is 0 Å². The summed E-state index contributed by atoms with van der Waals surface area (Å²) < 4.78 is 0. The number of hydrogen-bond acceptors (Lipinski definition) is 2. The van der Waals surface area contributed by atoms with E-state index >= 15 is 0 Å². The Labute approximate surface area is 88.3 Å². The van der Waals surface area contributed by atoms with E-state index in [1.807, 2.05) is 12.1 Å². The predicted octanol–water partition coefficient (Wildman–Crippen LogP) is 1.81. The fourth-order valence-electron chi connectivity index (χ4n) is 1.86. The minimum Gasteiger partial charge on any atom is -0.465 e. The Bertz CT molecular complexity index is 377. The molecule has 80 valence electrons. The molecule has 0 radical (unpaired) electrons. The van der Waals surface area contributed by atoms with Crippen molar-refractivity contribution in [3.8, 4) is 0 Å². The molecule has 1 aliphatic rings. The van der Waals surface area contributed by atoms with Gasteiger partial charge in [-0.25, -0.2) is 4.79 Å². The molecule has 2 rings (SSSR count). The Hall–Kier alpha value is -1.55. The quantitative estimate of drug-likeness (QED) is 0.656. The molecule has 1 aromatic rings. The second kappa shape index (κ2) is 4.31. The molecule has 0 fully saturated rings. The van der Waals surface area contributed by atoms with E-state index in [-0.39, 0.29) is 0 Å². The molecule has 0 atom stereocenters. The second-order valence-corrected chi connectivity index (χ2v) is 3.69. The highest BCUT2D eigenvalue weighted by molar-refractivity contribution is 5.83. The van der Waals surface area contributed by atoms with Crippen LogP contribution in [0.5, 0.6) is 0 Å². The third kappa shape index (κ3) is 2.47. The zero-order valence-corrected chi connectivity index (χ0v) is 8.42. The Kier molecular flexibility index (Phi) is 2.87. The van der Waals surface area contributed by atoms with Crippen molar-refractivity contribution in [2.75, 3.05) is 11.9 Å². The SMILES string of the molecule is O=C(O)Nc1ccc2c(c1)CCCNC2. The Morgan fingerprint density at radius 1 is 1.40 bits per heavy atom. The van der Waals surface area contributed by atoms with Crippen molar-refractivity contribution in [2.45, 2.75) is 19.4 Å². The van der Waals surface area contributed by atoms with Crippen molar-refractivity contribution in [1.29, 1.82) is 0 Å². The number of carbonyl (C=O) groups is 1. The molecule has 4 heteroatoms. The molecule has 15 heavy (non-hydrogen) atoms. The van der Waals surface area contributed by atoms with E-state index in [0.29, 0.717) is 5.69 Å². The van der Waals surface area contributed by atoms with Gasteiger partial charge in [-0.05, 0) is 42.6 Å². The number of anilines is 1. The summed E-state index contributed by atoms with van der Waals surface area (Å²) in [5.41, 5.74) is 3.16. The molecule has 1 aromatic carbocycles. The smallest absolute Gasteiger partial charge is 0.409 e. The van der Waals surface area contributed by atoms with Gasteiger partial charge in [0.1, 0.15) is 0 Å². The zero-order valence-electron chi connectivity index (χ0n) is 8.42. The minimum absolute atomic E-state index is 0.656. The van der Waals surface area contributed by atoms with Crippen LogP contribution in [0.1, 0.15) is 17.5 Å². The molecule has 3 N–H and O–H groups in total. The monoisotopic (exact) mass is 206 g/mol. The normalized spacial score (nSPS) is 15.2. The number of rotatable bonds is 1. The third-order valence-electron chi connectivity index (χ3n) is 2.57. The maximum atomic E-state index is 10.5. The second-order valence-electron chi connectivity index (χ2n) is 3.69. The topological polar surface area (TPSA) is 61.4 Å². The number of carboxylic acid groups (broad SMARTS) is 1. The van der Waals surface area contributed by atoms with Crippen LogP contribution in [-0.2, 0) is 13.0 Å². The van der Waals surface area contributed by atoms with Crippen molar-refractivity contribution in [3.05, 3.63) is 29.3 Å². The minimum atomic E-state index is -1.01. The Morgan fingerprint density at radius 2 is 2.27 bits per heavy atom. The summed E-state index contributed by atoms with van der Waals surface area (Å²) in [5.74, 6) is 0. The van der Waals surface area contributed by atoms with E-state index < -0.39 is 6.09 Å². The molecule has 1 amide bonds. The molecule has 4 nitrogen and oxygen atoms in total. The first-order chi connectivity index (χ1) is 7.25. The van der Waals surface area contributed by atoms with Gasteiger partial charge >= 0.3 is 6.09 Å². The fourth-order valence-corrected chi connectivity index (χ4v) is 1.86. The number of benzene rings is 1. The van der Waals surface area contributed by atoms with E-state index in [9.17, 15) is 4.79 Å². The van der Waals surface area contributed by atoms with Crippen LogP contribution in [0, 0.1) is 0 Å². The number of amides is 1. The predicted molar refractivity (Wildman–Crippen MR) is 58.1 cm³/mol. The van der Waals surface area contributed by atoms with Crippen molar-refractivity contribution in [1.82, 2.24) is 5.32 Å². The summed E-state index contributed by atoms with van der Waals surface area (Å²) in [6.45, 7) is 1.90. The summed E-state index contributed by atoms with van der Waals surface area (Å²) >= 11 is 0. The lowest BCUT2D eigenvalue weighted by atomic mass is 10.0. The number of nitrogens with one attached hydrogen (secondary N) is 2. The van der Waals surface area contributed by atoms with Gasteiger partial charge in [-0.3, -0.25) is 5.32 Å². The first-order valence-electron chi connectivity index (χ1n) is 5.08. The summed E-state index contributed by atoms with van der Waals surface area (Å²) in [5, 5.41) is 14.3. The van der Waals surface area contributed by atoms with Crippen molar-refractivity contribution in [3.63, 3.8) is 0 Å². The van der Waals surface area contributed by atoms with Gasteiger partial charge in [0.15, 0.2) is 0 Å². The lowest BCUT2D eigenvalue weighted by Crippen LogP contribution is -2.12. The lowest BCUT2D eigenvalue weighted by Gasteiger charge is -2.08. The van der Waals surface area contributed by atoms with Crippen LogP contribution in [0.15, 0.2) is 18.2 Å². The molecule has 0 aromatic heterocycles. The maximum Gasteiger partial charge on any atom is 0.409 e. The summed E-state index contributed by atoms with van der Waals surface area (Å²) in [7, 11) is 0. The average Bonchev–Trinajstić information content (AvgIpc) is 2.41. The van der Waals surface area contributed by atoms with Gasteiger partial charge < -0.3 is 10.4 Å². The third-order valence-corrected chi connectivity index (χ3v) is 2.57. The molecule has 0 spiro atoms. The summed E-state index contributed by atoms with van der Waals surface area (Å²) in [6, 6.07) is 5.72. The van der Waals surface area contributed by atoms with Crippen LogP contribution in [0.3, 0.4) is 0 Å². The van der Waals surface area contributed by atoms with Crippen molar-refractivity contribution >= 4 is 11.8 Å². The van der Waals surface area contributed by atoms with E-state index in [2.05, 4.69) is 10.6 Å². The van der Waals surface area contributed by atoms with Crippen LogP contribution in [-0.4, -0.2) is 17.7 Å². The van der Waals surface area contributed by atoms with Gasteiger partial charge in [-0.1, -0.05) is 6.07 Å². The van der Waals surface area contributed by atoms with Crippen LogP contribution >= 0.6 is 0 Å². The molecule has 1 aliphatic heterocycles. The van der Waals surface area contributed by atoms with E-state index in [1.54, 1.807) is 6.07 Å². The van der Waals surface area contributed by atoms with E-state index in [1.165, 1.54) is 11.1 Å². The molecular weight excluding hydrogens is 192 g/mol. The summed E-state index contributed by atoms with van der Waals surface area (Å²) in [4.78, 5) is 10.5. The lowest BCUT2D eigenvalue weighted by molar-refractivity contribution is 0.210. The van der Waals surface area contributed by atoms with Gasteiger partial charge in [-0.2, -0.15) is 0 Å². The van der Waals surface area contributed by atoms with Crippen LogP contribution in [0.4, 0.5) is 10.5 Å². The molecule has 0 aliphatic carbocycles. The molecular formula is C11H14N2O2. The molecule has 0 saturated carbocycles. The first-order valence-corrected chi connectivity index (χ1v) is 5.08. The van der Waals surface area contributed by atoms with Crippen LogP contribution in [0.2, 0.25) is 0 Å². The van der Waals surface area contributed by atoms with Gasteiger partial charge in [0.05, 0.1) is 0 Å². The zero-order chi connectivity index (χ0) is 10.7. The highest BCUT2D eigenvalue weighted by Crippen LogP contribution is 2.19. The van der Waals surface area contributed by atoms with Gasteiger partial charge in [0.25, 0.3) is 0 Å². The van der Waals surface area contributed by atoms with E-state index in [4.69, 9.17) is 5.11 Å². The molecule has 0 saturated heterocycles. The van der Waals surface area contributed by atoms with Gasteiger partial charge in [0.2, 0.25) is 0 Å². The van der Waals surface area contributed by atoms with Crippen LogP contribution < -0.4 is 10.6 Å². The Morgan fingerprint density at radius 3 is 3.07 bits per heavy atom. The molecule has 1 heterocycles. The van der Waals surface area contributed by atoms with E-state index in [0.717, 1.165) is 25.9 Å². The van der Waals surface area contributed by atoms with Gasteiger partial charge in [0, 0.05) is 12.2 Å². The van der Waals surface area contributed by atoms with Crippen molar-refractivity contribution < 1.29 is 9.90 Å². The van der Waals surface area contributed by atoms with Crippen molar-refractivity contribution in [2.24, 2.45) is 0 Å². The average molecular weight is 206 g/mol. The largest absolute Gasteiger partial charge is 0.465 e.